The van der Waals surface area contributed by atoms with Crippen LogP contribution in [0, 0.1) is 10.1 Å². The summed E-state index contributed by atoms with van der Waals surface area (Å²) in [7, 11) is 0. The number of carbonyl (C=O) groups is 1. The van der Waals surface area contributed by atoms with E-state index in [9.17, 15) is 14.9 Å². The van der Waals surface area contributed by atoms with Crippen LogP contribution in [0.25, 0.3) is 33.0 Å². The Kier molecular flexibility index (Phi) is 5.93. The number of aromatic nitrogens is 1. The smallest absolute Gasteiger partial charge is 0.310 e. The maximum Gasteiger partial charge on any atom is 0.310 e. The van der Waals surface area contributed by atoms with Crippen molar-refractivity contribution in [3.63, 3.8) is 0 Å². The van der Waals surface area contributed by atoms with Gasteiger partial charge in [-0.25, -0.2) is 0 Å². The molecule has 5 rings (SSSR count). The quantitative estimate of drug-likeness (QED) is 0.165. The first-order chi connectivity index (χ1) is 17.0. The highest BCUT2D eigenvalue weighted by Gasteiger charge is 2.19. The highest BCUT2D eigenvalue weighted by atomic mass is 16.6. The summed E-state index contributed by atoms with van der Waals surface area (Å²) in [5, 5.41) is 12.8. The van der Waals surface area contributed by atoms with Gasteiger partial charge in [0.25, 0.3) is 5.69 Å². The molecule has 2 heterocycles. The van der Waals surface area contributed by atoms with Gasteiger partial charge in [-0.1, -0.05) is 30.3 Å². The fourth-order valence-electron chi connectivity index (χ4n) is 4.26. The minimum absolute atomic E-state index is 0.0234. The van der Waals surface area contributed by atoms with Crippen LogP contribution in [0.4, 0.5) is 5.69 Å². The summed E-state index contributed by atoms with van der Waals surface area (Å²) in [4.78, 5) is 26.0. The number of carbonyl (C=O) groups excluding carboxylic acids is 1. The molecule has 0 bridgehead atoms. The van der Waals surface area contributed by atoms with Gasteiger partial charge in [0.05, 0.1) is 41.3 Å². The van der Waals surface area contributed by atoms with Gasteiger partial charge in [-0.15, -0.1) is 0 Å². The zero-order chi connectivity index (χ0) is 24.4. The van der Waals surface area contributed by atoms with Gasteiger partial charge in [0.1, 0.15) is 17.9 Å². The first-order valence-electron chi connectivity index (χ1n) is 11.2. The Morgan fingerprint density at radius 1 is 1.09 bits per heavy atom. The van der Waals surface area contributed by atoms with Crippen LogP contribution >= 0.6 is 0 Å². The molecule has 2 aromatic heterocycles. The van der Waals surface area contributed by atoms with E-state index < -0.39 is 4.92 Å². The minimum Gasteiger partial charge on any atom is -0.489 e. The molecule has 0 saturated heterocycles. The average molecular weight is 470 g/mol. The number of esters is 1. The lowest BCUT2D eigenvalue weighted by molar-refractivity contribution is -0.383. The summed E-state index contributed by atoms with van der Waals surface area (Å²) in [5.41, 5.74) is 4.59. The Bertz CT molecular complexity index is 1550. The predicted molar refractivity (Wildman–Crippen MR) is 131 cm³/mol. The molecule has 0 atom stereocenters. The van der Waals surface area contributed by atoms with E-state index in [4.69, 9.17) is 13.9 Å². The van der Waals surface area contributed by atoms with Crippen LogP contribution in [-0.2, 0) is 22.6 Å². The molecule has 0 amide bonds. The molecular weight excluding hydrogens is 448 g/mol. The van der Waals surface area contributed by atoms with E-state index in [1.165, 1.54) is 6.20 Å². The summed E-state index contributed by atoms with van der Waals surface area (Å²) in [5.74, 6) is 0.301. The van der Waals surface area contributed by atoms with Crippen LogP contribution in [0.3, 0.4) is 0 Å². The van der Waals surface area contributed by atoms with E-state index in [-0.39, 0.29) is 24.7 Å². The van der Waals surface area contributed by atoms with Gasteiger partial charge in [-0.05, 0) is 42.8 Å². The largest absolute Gasteiger partial charge is 0.489 e. The van der Waals surface area contributed by atoms with Crippen molar-refractivity contribution in [2.24, 2.45) is 0 Å². The molecule has 0 spiro atoms. The number of hydrogen-bond acceptors (Lipinski definition) is 6. The molecule has 0 radical (unpaired) electrons. The third-order valence-corrected chi connectivity index (χ3v) is 5.80. The van der Waals surface area contributed by atoms with E-state index in [2.05, 4.69) is 4.98 Å². The van der Waals surface area contributed by atoms with Crippen molar-refractivity contribution < 1.29 is 23.6 Å². The monoisotopic (exact) mass is 470 g/mol. The second-order valence-electron chi connectivity index (χ2n) is 8.02. The minimum atomic E-state index is -0.400. The molecule has 176 valence electrons. The Morgan fingerprint density at radius 3 is 2.77 bits per heavy atom. The van der Waals surface area contributed by atoms with Crippen LogP contribution < -0.4 is 4.74 Å². The van der Waals surface area contributed by atoms with Crippen molar-refractivity contribution in [3.8, 4) is 16.9 Å². The molecule has 0 unspecified atom stereocenters. The standard InChI is InChI=1S/C27H22N2O6/c1-2-33-25(30)14-18-6-3-4-9-24(18)35-16-17-12-19-10-11-34-27(19)22(13-17)20-7-5-8-21-23(29(31)32)15-28-26(20)21/h3-13,15,28H,2,14,16H2,1H3. The SMILES string of the molecule is CCOC(=O)Cc1ccccc1OCc1cc(-c2cccc3c([N+](=O)[O-])c[nH]c23)c2occc2c1. The van der Waals surface area contributed by atoms with Gasteiger partial charge >= 0.3 is 5.97 Å². The van der Waals surface area contributed by atoms with Crippen molar-refractivity contribution >= 4 is 33.5 Å². The van der Waals surface area contributed by atoms with Crippen LogP contribution in [-0.4, -0.2) is 22.5 Å². The highest BCUT2D eigenvalue weighted by Crippen LogP contribution is 2.37. The summed E-state index contributed by atoms with van der Waals surface area (Å²) in [6.45, 7) is 2.36. The van der Waals surface area contributed by atoms with E-state index in [1.54, 1.807) is 25.3 Å². The summed E-state index contributed by atoms with van der Waals surface area (Å²) in [6.07, 6.45) is 3.15. The number of nitrogens with one attached hydrogen (secondary N) is 1. The number of aromatic amines is 1. The Morgan fingerprint density at radius 2 is 1.94 bits per heavy atom. The normalized spacial score (nSPS) is 11.1. The van der Waals surface area contributed by atoms with Crippen molar-refractivity contribution in [1.29, 1.82) is 0 Å². The fourth-order valence-corrected chi connectivity index (χ4v) is 4.26. The molecule has 1 N–H and O–H groups in total. The van der Waals surface area contributed by atoms with Gasteiger partial charge in [0, 0.05) is 22.1 Å². The molecule has 0 fully saturated rings. The first kappa shape index (κ1) is 22.2. The topological polar surface area (TPSA) is 108 Å². The average Bonchev–Trinajstić information content (AvgIpc) is 3.50. The lowest BCUT2D eigenvalue weighted by Crippen LogP contribution is -2.09. The van der Waals surface area contributed by atoms with Gasteiger partial charge in [-0.3, -0.25) is 14.9 Å². The molecular formula is C27H22N2O6. The molecule has 5 aromatic rings. The second-order valence-corrected chi connectivity index (χ2v) is 8.02. The number of ether oxygens (including phenoxy) is 2. The van der Waals surface area contributed by atoms with Crippen molar-refractivity contribution in [1.82, 2.24) is 4.98 Å². The third-order valence-electron chi connectivity index (χ3n) is 5.80. The number of rotatable bonds is 8. The number of nitrogens with zero attached hydrogens (tertiary/aromatic N) is 1. The van der Waals surface area contributed by atoms with Crippen molar-refractivity contribution in [2.45, 2.75) is 20.0 Å². The predicted octanol–water partition coefficient (Wildman–Crippen LogP) is 6.17. The lowest BCUT2D eigenvalue weighted by Gasteiger charge is -2.13. The van der Waals surface area contributed by atoms with Crippen LogP contribution in [0.1, 0.15) is 18.1 Å². The zero-order valence-corrected chi connectivity index (χ0v) is 18.9. The van der Waals surface area contributed by atoms with Crippen LogP contribution in [0.5, 0.6) is 5.75 Å². The second kappa shape index (κ2) is 9.34. The summed E-state index contributed by atoms with van der Waals surface area (Å²) in [6, 6.07) is 18.6. The Labute approximate surface area is 200 Å². The molecule has 35 heavy (non-hydrogen) atoms. The number of para-hydroxylation sites is 2. The number of furan rings is 1. The third kappa shape index (κ3) is 4.33. The maximum absolute atomic E-state index is 12.0. The van der Waals surface area contributed by atoms with E-state index in [1.807, 2.05) is 48.5 Å². The first-order valence-corrected chi connectivity index (χ1v) is 11.2. The summed E-state index contributed by atoms with van der Waals surface area (Å²) < 4.78 is 16.9. The van der Waals surface area contributed by atoms with Gasteiger partial charge in [0.2, 0.25) is 0 Å². The van der Waals surface area contributed by atoms with E-state index in [0.29, 0.717) is 28.8 Å². The number of benzene rings is 3. The molecule has 3 aromatic carbocycles. The Balaban J connectivity index is 1.50. The van der Waals surface area contributed by atoms with E-state index in [0.717, 1.165) is 27.6 Å². The number of H-pyrrole nitrogens is 1. The molecule has 0 aliphatic rings. The zero-order valence-electron chi connectivity index (χ0n) is 18.9. The fraction of sp³-hybridized carbons (Fsp3) is 0.148. The molecule has 0 aliphatic heterocycles. The molecule has 8 nitrogen and oxygen atoms in total. The number of nitro groups is 1. The van der Waals surface area contributed by atoms with Gasteiger partial charge < -0.3 is 18.9 Å². The van der Waals surface area contributed by atoms with Crippen LogP contribution in [0.15, 0.2) is 77.5 Å². The summed E-state index contributed by atoms with van der Waals surface area (Å²) >= 11 is 0. The Hall–Kier alpha value is -4.59. The van der Waals surface area contributed by atoms with E-state index >= 15 is 0 Å². The highest BCUT2D eigenvalue weighted by molar-refractivity contribution is 6.04. The molecule has 0 aliphatic carbocycles. The molecule has 0 saturated carbocycles. The lowest BCUT2D eigenvalue weighted by atomic mass is 9.98. The van der Waals surface area contributed by atoms with Crippen molar-refractivity contribution in [3.05, 3.63) is 94.4 Å². The maximum atomic E-state index is 12.0. The number of fused-ring (bicyclic) bond motifs is 2. The van der Waals surface area contributed by atoms with Gasteiger partial charge in [0.15, 0.2) is 0 Å². The molecule has 8 heteroatoms. The van der Waals surface area contributed by atoms with Crippen LogP contribution in [0.2, 0.25) is 0 Å². The van der Waals surface area contributed by atoms with Gasteiger partial charge in [-0.2, -0.15) is 0 Å². The number of hydrogen-bond donors (Lipinski definition) is 1. The van der Waals surface area contributed by atoms with Crippen molar-refractivity contribution in [2.75, 3.05) is 6.61 Å².